The Kier molecular flexibility index (Phi) is 14.4. The first kappa shape index (κ1) is 31.5. The van der Waals surface area contributed by atoms with E-state index >= 15 is 0 Å². The molecule has 12 heteroatoms. The summed E-state index contributed by atoms with van der Waals surface area (Å²) in [5.74, 6) is 0. The highest BCUT2D eigenvalue weighted by atomic mass is 32.3. The Morgan fingerprint density at radius 1 is 0.500 bits per heavy atom. The molecule has 0 bridgehead atoms. The van der Waals surface area contributed by atoms with Crippen molar-refractivity contribution in [2.75, 3.05) is 0 Å². The highest BCUT2D eigenvalue weighted by Crippen LogP contribution is 2.38. The second-order valence-corrected chi connectivity index (χ2v) is 12.7. The molecule has 0 rings (SSSR count). The molecular formula is C20H36F6O4S2. The summed E-state index contributed by atoms with van der Waals surface area (Å²) in [6.07, 6.45) is 12.5. The zero-order chi connectivity index (χ0) is 24.9. The number of sulfone groups is 2. The zero-order valence-corrected chi connectivity index (χ0v) is 20.2. The number of rotatable bonds is 18. The second kappa shape index (κ2) is 14.7. The van der Waals surface area contributed by atoms with Crippen LogP contribution in [0, 0.1) is 0 Å². The molecular weight excluding hydrogens is 482 g/mol. The van der Waals surface area contributed by atoms with Crippen LogP contribution in [0.5, 0.6) is 0 Å². The van der Waals surface area contributed by atoms with Crippen LogP contribution in [0.2, 0.25) is 0 Å². The predicted octanol–water partition coefficient (Wildman–Crippen LogP) is 7.44. The topological polar surface area (TPSA) is 68.3 Å². The molecule has 0 radical (unpaired) electrons. The highest BCUT2D eigenvalue weighted by molar-refractivity contribution is 8.09. The first-order chi connectivity index (χ1) is 14.7. The van der Waals surface area contributed by atoms with E-state index in [9.17, 15) is 43.2 Å². The Hall–Kier alpha value is -0.520. The van der Waals surface area contributed by atoms with Crippen LogP contribution < -0.4 is 0 Å². The van der Waals surface area contributed by atoms with E-state index in [0.29, 0.717) is 12.8 Å². The van der Waals surface area contributed by atoms with Crippen molar-refractivity contribution in [2.45, 2.75) is 125 Å². The molecule has 32 heavy (non-hydrogen) atoms. The van der Waals surface area contributed by atoms with Gasteiger partial charge in [-0.3, -0.25) is 0 Å². The van der Waals surface area contributed by atoms with E-state index in [1.165, 1.54) is 44.9 Å². The lowest BCUT2D eigenvalue weighted by atomic mass is 10.0. The van der Waals surface area contributed by atoms with Crippen molar-refractivity contribution in [1.82, 2.24) is 0 Å². The van der Waals surface area contributed by atoms with Gasteiger partial charge < -0.3 is 0 Å². The second-order valence-electron chi connectivity index (χ2n) is 8.15. The maximum Gasteiger partial charge on any atom is 0.498 e. The van der Waals surface area contributed by atoms with Crippen molar-refractivity contribution in [3.8, 4) is 0 Å². The maximum absolute atomic E-state index is 12.7. The molecule has 0 heterocycles. The number of alkyl halides is 6. The Labute approximate surface area is 188 Å². The Morgan fingerprint density at radius 3 is 1.00 bits per heavy atom. The van der Waals surface area contributed by atoms with Crippen LogP contribution >= 0.6 is 0 Å². The molecule has 0 saturated carbocycles. The summed E-state index contributed by atoms with van der Waals surface area (Å²) in [5, 5.41) is 0. The fraction of sp³-hybridized carbons (Fsp3) is 1.00. The molecule has 0 aliphatic heterocycles. The van der Waals surface area contributed by atoms with Gasteiger partial charge in [-0.1, -0.05) is 103 Å². The Balaban J connectivity index is 4.22. The van der Waals surface area contributed by atoms with Crippen molar-refractivity contribution in [3.63, 3.8) is 0 Å². The molecule has 0 unspecified atom stereocenters. The third-order valence-corrected chi connectivity index (χ3v) is 10.0. The van der Waals surface area contributed by atoms with Crippen LogP contribution in [0.3, 0.4) is 0 Å². The summed E-state index contributed by atoms with van der Waals surface area (Å²) < 4.78 is 118. The molecule has 0 amide bonds. The van der Waals surface area contributed by atoms with Gasteiger partial charge in [0.1, 0.15) is 0 Å². The predicted molar refractivity (Wildman–Crippen MR) is 113 cm³/mol. The lowest BCUT2D eigenvalue weighted by molar-refractivity contribution is -0.0472. The number of unbranched alkanes of at least 4 members (excludes halogenated alkanes) is 14. The molecule has 0 aromatic carbocycles. The van der Waals surface area contributed by atoms with E-state index in [1.807, 2.05) is 0 Å². The zero-order valence-electron chi connectivity index (χ0n) is 18.6. The van der Waals surface area contributed by atoms with E-state index in [1.54, 1.807) is 0 Å². The Morgan fingerprint density at radius 2 is 0.750 bits per heavy atom. The molecule has 0 atom stereocenters. The minimum absolute atomic E-state index is 0.162. The summed E-state index contributed by atoms with van der Waals surface area (Å²) >= 11 is 0. The van der Waals surface area contributed by atoms with Gasteiger partial charge in [-0.15, -0.1) is 0 Å². The van der Waals surface area contributed by atoms with Crippen LogP contribution in [-0.2, 0) is 19.7 Å². The quantitative estimate of drug-likeness (QED) is 0.140. The summed E-state index contributed by atoms with van der Waals surface area (Å²) in [6.45, 7) is 2.17. The van der Waals surface area contributed by atoms with E-state index in [4.69, 9.17) is 0 Å². The van der Waals surface area contributed by atoms with E-state index in [-0.39, 0.29) is 12.8 Å². The van der Waals surface area contributed by atoms with Gasteiger partial charge >= 0.3 is 11.0 Å². The van der Waals surface area contributed by atoms with Gasteiger partial charge in [-0.25, -0.2) is 16.8 Å². The molecule has 0 aliphatic rings. The van der Waals surface area contributed by atoms with Gasteiger partial charge in [0.25, 0.3) is 19.7 Å². The molecule has 0 aromatic rings. The summed E-state index contributed by atoms with van der Waals surface area (Å²) in [6, 6.07) is 0. The lowest BCUT2D eigenvalue weighted by Crippen LogP contribution is -2.44. The van der Waals surface area contributed by atoms with Crippen molar-refractivity contribution in [2.24, 2.45) is 0 Å². The van der Waals surface area contributed by atoms with E-state index in [2.05, 4.69) is 6.92 Å². The molecule has 0 fully saturated rings. The third kappa shape index (κ3) is 11.1. The SMILES string of the molecule is CCCCCCCCCCCCCCCCCC(S(=O)(=O)C(F)(F)F)S(=O)(=O)C(F)(F)F. The van der Waals surface area contributed by atoms with Gasteiger partial charge in [0.15, 0.2) is 4.58 Å². The fourth-order valence-corrected chi connectivity index (χ4v) is 7.00. The molecule has 0 N–H and O–H groups in total. The van der Waals surface area contributed by atoms with Gasteiger partial charge in [0, 0.05) is 0 Å². The first-order valence-corrected chi connectivity index (χ1v) is 14.4. The molecule has 4 nitrogen and oxygen atoms in total. The first-order valence-electron chi connectivity index (χ1n) is 11.3. The minimum Gasteiger partial charge on any atom is -0.218 e. The van der Waals surface area contributed by atoms with Gasteiger partial charge in [0.05, 0.1) is 0 Å². The monoisotopic (exact) mass is 518 g/mol. The number of hydrogen-bond acceptors (Lipinski definition) is 4. The minimum atomic E-state index is -6.51. The average molecular weight is 519 g/mol. The van der Waals surface area contributed by atoms with Gasteiger partial charge in [-0.05, 0) is 6.42 Å². The summed E-state index contributed by atoms with van der Waals surface area (Å²) in [7, 11) is -13.0. The lowest BCUT2D eigenvalue weighted by Gasteiger charge is -2.20. The van der Waals surface area contributed by atoms with Crippen LogP contribution in [0.1, 0.15) is 110 Å². The van der Waals surface area contributed by atoms with Crippen molar-refractivity contribution in [1.29, 1.82) is 0 Å². The van der Waals surface area contributed by atoms with E-state index < -0.39 is 41.7 Å². The fourth-order valence-electron chi connectivity index (χ4n) is 3.46. The van der Waals surface area contributed by atoms with Crippen LogP contribution in [0.4, 0.5) is 26.3 Å². The van der Waals surface area contributed by atoms with Crippen molar-refractivity contribution in [3.05, 3.63) is 0 Å². The molecule has 194 valence electrons. The average Bonchev–Trinajstić information content (AvgIpc) is 2.65. The Bertz CT molecular complexity index is 657. The molecule has 0 aromatic heterocycles. The van der Waals surface area contributed by atoms with Crippen molar-refractivity contribution >= 4 is 19.7 Å². The summed E-state index contributed by atoms with van der Waals surface area (Å²) in [4.78, 5) is 0. The normalized spacial score (nSPS) is 13.8. The van der Waals surface area contributed by atoms with Gasteiger partial charge in [0.2, 0.25) is 0 Å². The third-order valence-electron chi connectivity index (χ3n) is 5.38. The van der Waals surface area contributed by atoms with Crippen LogP contribution in [0.25, 0.3) is 0 Å². The smallest absolute Gasteiger partial charge is 0.218 e. The standard InChI is InChI=1S/C20H36F6O4S2/c1-2-3-4-5-6-7-8-9-10-11-12-13-14-15-16-17-18(31(27,28)19(21,22)23)32(29,30)20(24,25)26/h18H,2-17H2,1H3. The number of hydrogen-bond donors (Lipinski definition) is 0. The number of halogens is 6. The summed E-state index contributed by atoms with van der Waals surface area (Å²) in [5.41, 5.74) is -12.2. The van der Waals surface area contributed by atoms with Crippen LogP contribution in [0.15, 0.2) is 0 Å². The molecule has 0 aliphatic carbocycles. The molecule has 0 saturated heterocycles. The maximum atomic E-state index is 12.7. The van der Waals surface area contributed by atoms with E-state index in [0.717, 1.165) is 25.7 Å². The highest BCUT2D eigenvalue weighted by Gasteiger charge is 2.62. The van der Waals surface area contributed by atoms with Gasteiger partial charge in [-0.2, -0.15) is 26.3 Å². The van der Waals surface area contributed by atoms with Crippen LogP contribution in [-0.4, -0.2) is 32.4 Å². The largest absolute Gasteiger partial charge is 0.498 e. The molecule has 0 spiro atoms. The van der Waals surface area contributed by atoms with Crippen molar-refractivity contribution < 1.29 is 43.2 Å².